The second-order valence-corrected chi connectivity index (χ2v) is 8.80. The minimum atomic E-state index is -3.73. The third-order valence-corrected chi connectivity index (χ3v) is 6.87. The van der Waals surface area contributed by atoms with Crippen molar-refractivity contribution in [2.24, 2.45) is 11.8 Å². The number of H-pyrrole nitrogens is 1. The van der Waals surface area contributed by atoms with Crippen LogP contribution in [-0.2, 0) is 19.6 Å². The molecule has 1 aromatic rings. The van der Waals surface area contributed by atoms with Crippen LogP contribution in [0.5, 0.6) is 0 Å². The van der Waals surface area contributed by atoms with E-state index >= 15 is 0 Å². The number of aromatic nitrogens is 2. The number of carbonyl (C=O) groups is 2. The molecule has 146 valence electrons. The van der Waals surface area contributed by atoms with E-state index in [4.69, 9.17) is 5.11 Å². The van der Waals surface area contributed by atoms with Crippen molar-refractivity contribution in [3.8, 4) is 0 Å². The summed E-state index contributed by atoms with van der Waals surface area (Å²) in [4.78, 5) is 25.2. The number of carboxylic acid groups (broad SMARTS) is 1. The zero-order chi connectivity index (χ0) is 19.6. The van der Waals surface area contributed by atoms with Crippen LogP contribution in [-0.4, -0.2) is 71.5 Å². The van der Waals surface area contributed by atoms with Crippen LogP contribution in [0.15, 0.2) is 4.90 Å². The maximum atomic E-state index is 13.0. The lowest BCUT2D eigenvalue weighted by atomic mass is 9.98. The number of nitrogens with zero attached hydrogens (tertiary/aromatic N) is 3. The lowest BCUT2D eigenvalue weighted by Gasteiger charge is -2.33. The smallest absolute Gasteiger partial charge is 0.308 e. The first kappa shape index (κ1) is 20.4. The number of sulfonamides is 1. The van der Waals surface area contributed by atoms with Crippen molar-refractivity contribution in [2.45, 2.75) is 38.5 Å². The molecular weight excluding hydrogens is 360 g/mol. The van der Waals surface area contributed by atoms with E-state index in [2.05, 4.69) is 10.2 Å². The van der Waals surface area contributed by atoms with Crippen LogP contribution in [0.2, 0.25) is 0 Å². The molecule has 1 amide bonds. The summed E-state index contributed by atoms with van der Waals surface area (Å²) in [6.07, 6.45) is 1.16. The van der Waals surface area contributed by atoms with Crippen molar-refractivity contribution >= 4 is 21.9 Å². The first-order chi connectivity index (χ1) is 12.1. The number of aliphatic carboxylic acids is 1. The number of aromatic amines is 1. The zero-order valence-corrected chi connectivity index (χ0v) is 16.3. The third kappa shape index (κ3) is 4.07. The highest BCUT2D eigenvalue weighted by Crippen LogP contribution is 2.27. The molecule has 2 N–H and O–H groups in total. The Morgan fingerprint density at radius 3 is 2.62 bits per heavy atom. The zero-order valence-electron chi connectivity index (χ0n) is 15.5. The Morgan fingerprint density at radius 2 is 2.08 bits per heavy atom. The van der Waals surface area contributed by atoms with Gasteiger partial charge < -0.3 is 10.0 Å². The van der Waals surface area contributed by atoms with Gasteiger partial charge in [0.05, 0.1) is 23.2 Å². The number of piperidine rings is 1. The van der Waals surface area contributed by atoms with Gasteiger partial charge in [-0.2, -0.15) is 9.40 Å². The number of carboxylic acids is 1. The van der Waals surface area contributed by atoms with Gasteiger partial charge in [0.1, 0.15) is 4.90 Å². The molecule has 1 fully saturated rings. The number of rotatable bonds is 6. The van der Waals surface area contributed by atoms with E-state index < -0.39 is 27.8 Å². The highest BCUT2D eigenvalue weighted by Gasteiger charge is 2.36. The van der Waals surface area contributed by atoms with E-state index in [1.165, 1.54) is 16.1 Å². The van der Waals surface area contributed by atoms with E-state index in [0.717, 1.165) is 0 Å². The Kier molecular flexibility index (Phi) is 6.07. The lowest BCUT2D eigenvalue weighted by Crippen LogP contribution is -2.47. The molecule has 0 aliphatic carbocycles. The molecule has 0 aromatic carbocycles. The molecule has 0 radical (unpaired) electrons. The molecule has 1 aliphatic heterocycles. The summed E-state index contributed by atoms with van der Waals surface area (Å²) in [6, 6.07) is 0. The highest BCUT2D eigenvalue weighted by atomic mass is 32.2. The molecule has 10 heteroatoms. The highest BCUT2D eigenvalue weighted by molar-refractivity contribution is 7.89. The molecule has 0 spiro atoms. The maximum absolute atomic E-state index is 13.0. The van der Waals surface area contributed by atoms with Gasteiger partial charge in [0.25, 0.3) is 0 Å². The molecule has 0 bridgehead atoms. The van der Waals surface area contributed by atoms with Gasteiger partial charge in [0.2, 0.25) is 15.9 Å². The third-order valence-electron chi connectivity index (χ3n) is 4.74. The molecule has 1 saturated heterocycles. The normalized spacial score (nSPS) is 19.9. The quantitative estimate of drug-likeness (QED) is 0.738. The van der Waals surface area contributed by atoms with E-state index in [1.54, 1.807) is 20.9 Å². The van der Waals surface area contributed by atoms with E-state index in [1.807, 2.05) is 0 Å². The molecule has 26 heavy (non-hydrogen) atoms. The molecule has 0 saturated carbocycles. The van der Waals surface area contributed by atoms with Crippen molar-refractivity contribution < 1.29 is 23.1 Å². The molecule has 2 rings (SSSR count). The predicted octanol–water partition coefficient (Wildman–Crippen LogP) is 0.606. The summed E-state index contributed by atoms with van der Waals surface area (Å²) >= 11 is 0. The molecule has 2 atom stereocenters. The second kappa shape index (κ2) is 7.75. The number of aryl methyl sites for hydroxylation is 2. The van der Waals surface area contributed by atoms with Crippen LogP contribution in [0.1, 0.15) is 31.2 Å². The van der Waals surface area contributed by atoms with Gasteiger partial charge in [0.15, 0.2) is 0 Å². The fourth-order valence-corrected chi connectivity index (χ4v) is 5.16. The Bertz CT molecular complexity index is 769. The van der Waals surface area contributed by atoms with Gasteiger partial charge >= 0.3 is 5.97 Å². The average Bonchev–Trinajstić information content (AvgIpc) is 2.93. The van der Waals surface area contributed by atoms with Gasteiger partial charge in [-0.3, -0.25) is 14.7 Å². The first-order valence-corrected chi connectivity index (χ1v) is 9.99. The summed E-state index contributed by atoms with van der Waals surface area (Å²) in [6.45, 7) is 5.36. The van der Waals surface area contributed by atoms with Crippen molar-refractivity contribution in [3.05, 3.63) is 11.4 Å². The van der Waals surface area contributed by atoms with Crippen LogP contribution in [0.4, 0.5) is 0 Å². The number of hydrogen-bond donors (Lipinski definition) is 2. The van der Waals surface area contributed by atoms with Gasteiger partial charge in [-0.05, 0) is 26.7 Å². The van der Waals surface area contributed by atoms with Crippen molar-refractivity contribution in [3.63, 3.8) is 0 Å². The SMILES string of the molecule is Cc1n[nH]c(C)c1S(=O)(=O)N1CCCC(C(=O)N(C)CC(C)C(=O)O)C1. The van der Waals surface area contributed by atoms with E-state index in [0.29, 0.717) is 30.8 Å². The second-order valence-electron chi connectivity index (χ2n) is 6.92. The summed E-state index contributed by atoms with van der Waals surface area (Å²) in [5, 5.41) is 15.6. The number of nitrogens with one attached hydrogen (secondary N) is 1. The molecule has 1 aliphatic rings. The number of amides is 1. The van der Waals surface area contributed by atoms with Crippen LogP contribution in [0, 0.1) is 25.7 Å². The van der Waals surface area contributed by atoms with Crippen molar-refractivity contribution in [1.29, 1.82) is 0 Å². The van der Waals surface area contributed by atoms with E-state index in [-0.39, 0.29) is 23.9 Å². The number of hydrogen-bond acceptors (Lipinski definition) is 5. The molecule has 2 heterocycles. The monoisotopic (exact) mass is 386 g/mol. The fraction of sp³-hybridized carbons (Fsp3) is 0.688. The van der Waals surface area contributed by atoms with Crippen LogP contribution >= 0.6 is 0 Å². The molecular formula is C16H26N4O5S. The fourth-order valence-electron chi connectivity index (χ4n) is 3.30. The van der Waals surface area contributed by atoms with Crippen molar-refractivity contribution in [1.82, 2.24) is 19.4 Å². The molecule has 9 nitrogen and oxygen atoms in total. The van der Waals surface area contributed by atoms with Gasteiger partial charge in [-0.25, -0.2) is 8.42 Å². The average molecular weight is 386 g/mol. The Labute approximate surface area is 153 Å². The summed E-state index contributed by atoms with van der Waals surface area (Å²) in [5.41, 5.74) is 0.881. The molecule has 1 aromatic heterocycles. The van der Waals surface area contributed by atoms with Gasteiger partial charge in [-0.15, -0.1) is 0 Å². The van der Waals surface area contributed by atoms with Gasteiger partial charge in [-0.1, -0.05) is 6.92 Å². The topological polar surface area (TPSA) is 124 Å². The summed E-state index contributed by atoms with van der Waals surface area (Å²) in [7, 11) is -2.18. The van der Waals surface area contributed by atoms with Crippen LogP contribution in [0.3, 0.4) is 0 Å². The minimum Gasteiger partial charge on any atom is -0.481 e. The first-order valence-electron chi connectivity index (χ1n) is 8.55. The summed E-state index contributed by atoms with van der Waals surface area (Å²) < 4.78 is 27.2. The predicted molar refractivity (Wildman–Crippen MR) is 94.0 cm³/mol. The minimum absolute atomic E-state index is 0.0943. The number of carbonyl (C=O) groups excluding carboxylic acids is 1. The van der Waals surface area contributed by atoms with Crippen molar-refractivity contribution in [2.75, 3.05) is 26.7 Å². The van der Waals surface area contributed by atoms with Crippen LogP contribution in [0.25, 0.3) is 0 Å². The van der Waals surface area contributed by atoms with Gasteiger partial charge in [0, 0.05) is 26.7 Å². The molecule has 2 unspecified atom stereocenters. The van der Waals surface area contributed by atoms with E-state index in [9.17, 15) is 18.0 Å². The largest absolute Gasteiger partial charge is 0.481 e. The Hall–Kier alpha value is -1.94. The lowest BCUT2D eigenvalue weighted by molar-refractivity contribution is -0.143. The maximum Gasteiger partial charge on any atom is 0.308 e. The summed E-state index contributed by atoms with van der Waals surface area (Å²) in [5.74, 6) is -2.34. The van der Waals surface area contributed by atoms with Crippen LogP contribution < -0.4 is 0 Å². The Balaban J connectivity index is 2.14. The standard InChI is InChI=1S/C16H26N4O5S/c1-10(16(22)23)8-19(4)15(21)13-6-5-7-20(9-13)26(24,25)14-11(2)17-18-12(14)3/h10,13H,5-9H2,1-4H3,(H,17,18)(H,22,23). The Morgan fingerprint density at radius 1 is 1.42 bits per heavy atom.